The zero-order valence-corrected chi connectivity index (χ0v) is 8.81. The molecule has 1 unspecified atom stereocenters. The number of ether oxygens (including phenoxy) is 1. The van der Waals surface area contributed by atoms with Crippen LogP contribution < -0.4 is 11.1 Å². The number of carbonyl (C=O) groups is 2. The van der Waals surface area contributed by atoms with Crippen molar-refractivity contribution in [3.63, 3.8) is 0 Å². The van der Waals surface area contributed by atoms with Crippen LogP contribution in [0.2, 0.25) is 0 Å². The minimum atomic E-state index is -1.46. The van der Waals surface area contributed by atoms with Crippen molar-refractivity contribution in [2.45, 2.75) is 24.5 Å². The van der Waals surface area contributed by atoms with Crippen molar-refractivity contribution >= 4 is 11.9 Å². The summed E-state index contributed by atoms with van der Waals surface area (Å²) in [4.78, 5) is 21.9. The molecule has 92 valence electrons. The second-order valence-electron chi connectivity index (χ2n) is 3.86. The molecule has 0 aliphatic carbocycles. The summed E-state index contributed by atoms with van der Waals surface area (Å²) in [6, 6.07) is 0. The Morgan fingerprint density at radius 3 is 2.75 bits per heavy atom. The first-order valence-electron chi connectivity index (χ1n) is 5.01. The van der Waals surface area contributed by atoms with Crippen molar-refractivity contribution in [2.24, 2.45) is 5.73 Å². The summed E-state index contributed by atoms with van der Waals surface area (Å²) in [7, 11) is 0. The minimum absolute atomic E-state index is 0.0436. The van der Waals surface area contributed by atoms with Crippen LogP contribution in [-0.2, 0) is 14.3 Å². The smallest absolute Gasteiger partial charge is 0.332 e. The van der Waals surface area contributed by atoms with Gasteiger partial charge in [0, 0.05) is 19.6 Å². The summed E-state index contributed by atoms with van der Waals surface area (Å²) >= 11 is 0. The number of carboxylic acid groups (broad SMARTS) is 1. The zero-order chi connectivity index (χ0) is 12.2. The number of nitrogens with two attached hydrogens (primary N) is 1. The number of aliphatic carboxylic acids is 1. The van der Waals surface area contributed by atoms with E-state index in [1.807, 2.05) is 0 Å². The van der Waals surface area contributed by atoms with Gasteiger partial charge in [-0.2, -0.15) is 0 Å². The Morgan fingerprint density at radius 2 is 2.25 bits per heavy atom. The van der Waals surface area contributed by atoms with E-state index in [9.17, 15) is 9.59 Å². The Morgan fingerprint density at radius 1 is 1.56 bits per heavy atom. The summed E-state index contributed by atoms with van der Waals surface area (Å²) in [5.41, 5.74) is 4.74. The number of hydrogen-bond donors (Lipinski definition) is 4. The van der Waals surface area contributed by atoms with Gasteiger partial charge < -0.3 is 26.0 Å². The monoisotopic (exact) mass is 232 g/mol. The van der Waals surface area contributed by atoms with Gasteiger partial charge in [-0.1, -0.05) is 0 Å². The second-order valence-corrected chi connectivity index (χ2v) is 3.86. The molecule has 5 N–H and O–H groups in total. The molecule has 1 rings (SSSR count). The maximum absolute atomic E-state index is 11.6. The van der Waals surface area contributed by atoms with Crippen LogP contribution in [0.4, 0.5) is 0 Å². The first kappa shape index (κ1) is 12.9. The fraction of sp³-hybridized carbons (Fsp3) is 0.778. The normalized spacial score (nSPS) is 26.4. The molecule has 1 fully saturated rings. The van der Waals surface area contributed by atoms with E-state index in [1.54, 1.807) is 0 Å². The van der Waals surface area contributed by atoms with Crippen LogP contribution in [0.1, 0.15) is 12.8 Å². The van der Waals surface area contributed by atoms with Gasteiger partial charge in [-0.3, -0.25) is 4.79 Å². The first-order valence-corrected chi connectivity index (χ1v) is 5.01. The van der Waals surface area contributed by atoms with Crippen molar-refractivity contribution in [1.82, 2.24) is 5.32 Å². The number of carboxylic acids is 1. The van der Waals surface area contributed by atoms with Crippen LogP contribution in [0.5, 0.6) is 0 Å². The lowest BCUT2D eigenvalue weighted by Crippen LogP contribution is -2.54. The standard InChI is InChI=1S/C9H16N2O5/c10-9(2-4-16-5-9)8(15)11-3-1-6(12)7(13)14/h6,12H,1-5,10H2,(H,11,15)(H,13,14)/t6-,9?/m0/s1. The summed E-state index contributed by atoms with van der Waals surface area (Å²) in [6.07, 6.45) is -1.06. The maximum atomic E-state index is 11.6. The Balaban J connectivity index is 2.27. The second kappa shape index (κ2) is 5.24. The van der Waals surface area contributed by atoms with E-state index in [-0.39, 0.29) is 25.5 Å². The summed E-state index contributed by atoms with van der Waals surface area (Å²) in [5.74, 6) is -1.68. The number of aliphatic hydroxyl groups excluding tert-OH is 1. The average molecular weight is 232 g/mol. The minimum Gasteiger partial charge on any atom is -0.479 e. The van der Waals surface area contributed by atoms with Crippen LogP contribution in [0.25, 0.3) is 0 Å². The lowest BCUT2D eigenvalue weighted by atomic mass is 9.99. The Hall–Kier alpha value is -1.18. The molecule has 0 bridgehead atoms. The van der Waals surface area contributed by atoms with Gasteiger partial charge in [0.2, 0.25) is 5.91 Å². The third-order valence-corrected chi connectivity index (χ3v) is 2.49. The molecule has 1 aliphatic rings. The number of aliphatic hydroxyl groups is 1. The van der Waals surface area contributed by atoms with Gasteiger partial charge in [0.1, 0.15) is 5.54 Å². The molecule has 0 saturated carbocycles. The number of nitrogens with one attached hydrogen (secondary N) is 1. The van der Waals surface area contributed by atoms with E-state index in [0.29, 0.717) is 13.0 Å². The highest BCUT2D eigenvalue weighted by atomic mass is 16.5. The molecule has 0 aromatic carbocycles. The lowest BCUT2D eigenvalue weighted by molar-refractivity contribution is -0.147. The van der Waals surface area contributed by atoms with Crippen molar-refractivity contribution in [2.75, 3.05) is 19.8 Å². The van der Waals surface area contributed by atoms with E-state index in [1.165, 1.54) is 0 Å². The molecular formula is C9H16N2O5. The van der Waals surface area contributed by atoms with Crippen LogP contribution in [-0.4, -0.2) is 53.5 Å². The van der Waals surface area contributed by atoms with Gasteiger partial charge >= 0.3 is 5.97 Å². The predicted octanol–water partition coefficient (Wildman–Crippen LogP) is -1.94. The number of carbonyl (C=O) groups excluding carboxylic acids is 1. The van der Waals surface area contributed by atoms with Gasteiger partial charge in [0.25, 0.3) is 0 Å². The van der Waals surface area contributed by atoms with Crippen molar-refractivity contribution in [1.29, 1.82) is 0 Å². The summed E-state index contributed by atoms with van der Waals surface area (Å²) in [6.45, 7) is 0.688. The predicted molar refractivity (Wildman–Crippen MR) is 53.6 cm³/mol. The summed E-state index contributed by atoms with van der Waals surface area (Å²) < 4.78 is 5.02. The molecule has 16 heavy (non-hydrogen) atoms. The average Bonchev–Trinajstić information content (AvgIpc) is 2.66. The largest absolute Gasteiger partial charge is 0.479 e. The lowest BCUT2D eigenvalue weighted by Gasteiger charge is -2.20. The van der Waals surface area contributed by atoms with Crippen LogP contribution >= 0.6 is 0 Å². The Labute approximate surface area is 92.6 Å². The Bertz CT molecular complexity index is 275. The van der Waals surface area contributed by atoms with Crippen LogP contribution in [0.15, 0.2) is 0 Å². The molecule has 1 amide bonds. The number of amides is 1. The highest BCUT2D eigenvalue weighted by molar-refractivity contribution is 5.86. The van der Waals surface area contributed by atoms with E-state index >= 15 is 0 Å². The zero-order valence-electron chi connectivity index (χ0n) is 8.81. The van der Waals surface area contributed by atoms with Gasteiger partial charge in [-0.25, -0.2) is 4.79 Å². The van der Waals surface area contributed by atoms with Crippen molar-refractivity contribution in [3.8, 4) is 0 Å². The van der Waals surface area contributed by atoms with E-state index in [0.717, 1.165) is 0 Å². The topological polar surface area (TPSA) is 122 Å². The van der Waals surface area contributed by atoms with Gasteiger partial charge in [0.05, 0.1) is 6.61 Å². The van der Waals surface area contributed by atoms with Crippen molar-refractivity contribution < 1.29 is 24.5 Å². The fourth-order valence-corrected chi connectivity index (χ4v) is 1.38. The molecule has 0 radical (unpaired) electrons. The third kappa shape index (κ3) is 3.16. The number of rotatable bonds is 5. The van der Waals surface area contributed by atoms with E-state index < -0.39 is 17.6 Å². The molecule has 7 nitrogen and oxygen atoms in total. The SMILES string of the molecule is NC1(C(=O)NCC[C@H](O)C(=O)O)CCOC1. The van der Waals surface area contributed by atoms with Crippen LogP contribution in [0, 0.1) is 0 Å². The highest BCUT2D eigenvalue weighted by Gasteiger charge is 2.37. The third-order valence-electron chi connectivity index (χ3n) is 2.49. The first-order chi connectivity index (χ1) is 7.46. The van der Waals surface area contributed by atoms with Crippen LogP contribution in [0.3, 0.4) is 0 Å². The fourth-order valence-electron chi connectivity index (χ4n) is 1.38. The van der Waals surface area contributed by atoms with Gasteiger partial charge in [0.15, 0.2) is 6.10 Å². The van der Waals surface area contributed by atoms with Gasteiger partial charge in [-0.05, 0) is 6.42 Å². The molecular weight excluding hydrogens is 216 g/mol. The molecule has 7 heteroatoms. The molecule has 0 aromatic heterocycles. The summed E-state index contributed by atoms with van der Waals surface area (Å²) in [5, 5.41) is 19.8. The Kier molecular flexibility index (Phi) is 4.22. The molecule has 0 aromatic rings. The van der Waals surface area contributed by atoms with Crippen molar-refractivity contribution in [3.05, 3.63) is 0 Å². The molecule has 0 spiro atoms. The molecule has 1 heterocycles. The maximum Gasteiger partial charge on any atom is 0.332 e. The van der Waals surface area contributed by atoms with Gasteiger partial charge in [-0.15, -0.1) is 0 Å². The molecule has 2 atom stereocenters. The highest BCUT2D eigenvalue weighted by Crippen LogP contribution is 2.15. The quantitative estimate of drug-likeness (QED) is 0.437. The van der Waals surface area contributed by atoms with E-state index in [2.05, 4.69) is 5.32 Å². The van der Waals surface area contributed by atoms with E-state index in [4.69, 9.17) is 20.7 Å². The molecule has 1 saturated heterocycles. The molecule has 1 aliphatic heterocycles. The number of hydrogen-bond acceptors (Lipinski definition) is 5.